The zero-order valence-electron chi connectivity index (χ0n) is 13.1. The first-order chi connectivity index (χ1) is 10.6. The molecule has 2 N–H and O–H groups in total. The van der Waals surface area contributed by atoms with E-state index < -0.39 is 0 Å². The van der Waals surface area contributed by atoms with Crippen molar-refractivity contribution < 1.29 is 13.9 Å². The Labute approximate surface area is 141 Å². The number of halogens is 1. The van der Waals surface area contributed by atoms with Gasteiger partial charge >= 0.3 is 0 Å². The van der Waals surface area contributed by atoms with Crippen LogP contribution < -0.4 is 10.6 Å². The van der Waals surface area contributed by atoms with Crippen LogP contribution in [0.15, 0.2) is 28.9 Å². The van der Waals surface area contributed by atoms with Gasteiger partial charge in [-0.25, -0.2) is 4.98 Å². The Hall–Kier alpha value is -1.89. The third kappa shape index (κ3) is 4.10. The molecule has 124 valence electrons. The summed E-state index contributed by atoms with van der Waals surface area (Å²) < 4.78 is 10.8. The monoisotopic (exact) mass is 337 g/mol. The molecule has 1 aliphatic heterocycles. The zero-order valence-corrected chi connectivity index (χ0v) is 13.9. The molecule has 6 nitrogen and oxygen atoms in total. The number of oxazole rings is 1. The quantitative estimate of drug-likeness (QED) is 0.898. The summed E-state index contributed by atoms with van der Waals surface area (Å²) >= 11 is 0. The third-order valence-electron chi connectivity index (χ3n) is 3.59. The number of rotatable bonds is 3. The molecule has 1 fully saturated rings. The summed E-state index contributed by atoms with van der Waals surface area (Å²) in [5, 5.41) is 6.04. The molecule has 1 saturated heterocycles. The molecule has 23 heavy (non-hydrogen) atoms. The van der Waals surface area contributed by atoms with Crippen molar-refractivity contribution >= 4 is 24.0 Å². The van der Waals surface area contributed by atoms with E-state index >= 15 is 0 Å². The van der Waals surface area contributed by atoms with Crippen molar-refractivity contribution in [1.29, 1.82) is 0 Å². The van der Waals surface area contributed by atoms with Crippen molar-refractivity contribution in [2.75, 3.05) is 25.1 Å². The molecule has 1 aliphatic rings. The molecule has 0 aliphatic carbocycles. The van der Waals surface area contributed by atoms with E-state index in [1.807, 2.05) is 32.0 Å². The van der Waals surface area contributed by atoms with Gasteiger partial charge in [0.05, 0.1) is 18.9 Å². The van der Waals surface area contributed by atoms with Gasteiger partial charge in [0.25, 0.3) is 0 Å². The van der Waals surface area contributed by atoms with E-state index in [0.717, 1.165) is 16.8 Å². The van der Waals surface area contributed by atoms with Crippen molar-refractivity contribution in [2.24, 2.45) is 0 Å². The number of nitrogens with zero attached hydrogens (tertiary/aromatic N) is 1. The second-order valence-corrected chi connectivity index (χ2v) is 5.39. The number of anilines is 1. The zero-order chi connectivity index (χ0) is 15.5. The Kier molecular flexibility index (Phi) is 5.76. The van der Waals surface area contributed by atoms with Crippen molar-refractivity contribution in [3.8, 4) is 11.5 Å². The molecule has 7 heteroatoms. The standard InChI is InChI=1S/C16H19N3O3.ClH/c1-10-3-4-12(7-13(10)16-18-11(2)8-22-16)19-15(20)14-9-21-6-5-17-14;/h3-4,7-8,14,17H,5-6,9H2,1-2H3,(H,19,20);1H. The second-order valence-electron chi connectivity index (χ2n) is 5.39. The lowest BCUT2D eigenvalue weighted by molar-refractivity contribution is -0.120. The maximum Gasteiger partial charge on any atom is 0.243 e. The van der Waals surface area contributed by atoms with Crippen LogP contribution in [-0.4, -0.2) is 36.7 Å². The molecule has 0 radical (unpaired) electrons. The number of carbonyl (C=O) groups is 1. The van der Waals surface area contributed by atoms with Gasteiger partial charge in [-0.1, -0.05) is 6.07 Å². The number of carbonyl (C=O) groups excluding carboxylic acids is 1. The minimum absolute atomic E-state index is 0. The van der Waals surface area contributed by atoms with E-state index in [9.17, 15) is 4.79 Å². The van der Waals surface area contributed by atoms with E-state index in [1.165, 1.54) is 0 Å². The summed E-state index contributed by atoms with van der Waals surface area (Å²) in [5.74, 6) is 0.461. The molecule has 0 bridgehead atoms. The lowest BCUT2D eigenvalue weighted by Crippen LogP contribution is -2.48. The molecule has 2 heterocycles. The van der Waals surface area contributed by atoms with E-state index in [0.29, 0.717) is 31.3 Å². The summed E-state index contributed by atoms with van der Waals surface area (Å²) in [6, 6.07) is 5.37. The van der Waals surface area contributed by atoms with Gasteiger partial charge < -0.3 is 19.8 Å². The number of aromatic nitrogens is 1. The van der Waals surface area contributed by atoms with Crippen LogP contribution in [0.5, 0.6) is 0 Å². The molecule has 1 aromatic heterocycles. The number of hydrogen-bond acceptors (Lipinski definition) is 5. The number of hydrogen-bond donors (Lipinski definition) is 2. The molecule has 0 saturated carbocycles. The van der Waals surface area contributed by atoms with Crippen LogP contribution in [0, 0.1) is 13.8 Å². The summed E-state index contributed by atoms with van der Waals surface area (Å²) in [6.07, 6.45) is 1.61. The predicted octanol–water partition coefficient (Wildman–Crippen LogP) is 2.31. The van der Waals surface area contributed by atoms with Gasteiger partial charge in [-0.15, -0.1) is 12.4 Å². The average Bonchev–Trinajstić information content (AvgIpc) is 2.96. The highest BCUT2D eigenvalue weighted by Crippen LogP contribution is 2.26. The maximum atomic E-state index is 12.2. The predicted molar refractivity (Wildman–Crippen MR) is 89.9 cm³/mol. The van der Waals surface area contributed by atoms with Crippen LogP contribution in [0.1, 0.15) is 11.3 Å². The highest BCUT2D eigenvalue weighted by Gasteiger charge is 2.21. The van der Waals surface area contributed by atoms with Gasteiger partial charge in [0.15, 0.2) is 0 Å². The smallest absolute Gasteiger partial charge is 0.243 e. The van der Waals surface area contributed by atoms with Gasteiger partial charge in [0.1, 0.15) is 12.3 Å². The summed E-state index contributed by atoms with van der Waals surface area (Å²) in [5.41, 5.74) is 3.46. The number of amides is 1. The van der Waals surface area contributed by atoms with Crippen molar-refractivity contribution in [2.45, 2.75) is 19.9 Å². The molecule has 1 amide bonds. The maximum absolute atomic E-state index is 12.2. The largest absolute Gasteiger partial charge is 0.444 e. The van der Waals surface area contributed by atoms with Crippen LogP contribution >= 0.6 is 12.4 Å². The third-order valence-corrected chi connectivity index (χ3v) is 3.59. The Morgan fingerprint density at radius 3 is 2.87 bits per heavy atom. The van der Waals surface area contributed by atoms with Crippen LogP contribution in [0.25, 0.3) is 11.5 Å². The Bertz CT molecular complexity index is 681. The van der Waals surface area contributed by atoms with E-state index in [1.54, 1.807) is 6.26 Å². The Morgan fingerprint density at radius 2 is 2.22 bits per heavy atom. The second kappa shape index (κ2) is 7.59. The fourth-order valence-electron chi connectivity index (χ4n) is 2.37. The molecular formula is C16H20ClN3O3. The molecule has 2 aromatic rings. The fraction of sp³-hybridized carbons (Fsp3) is 0.375. The molecular weight excluding hydrogens is 318 g/mol. The van der Waals surface area contributed by atoms with Crippen molar-refractivity contribution in [1.82, 2.24) is 10.3 Å². The average molecular weight is 338 g/mol. The Morgan fingerprint density at radius 1 is 1.39 bits per heavy atom. The number of nitrogens with one attached hydrogen (secondary N) is 2. The summed E-state index contributed by atoms with van der Waals surface area (Å²) in [6.45, 7) is 5.58. The van der Waals surface area contributed by atoms with Crippen LogP contribution in [0.3, 0.4) is 0 Å². The van der Waals surface area contributed by atoms with Gasteiger partial charge in [-0.3, -0.25) is 4.79 Å². The van der Waals surface area contributed by atoms with Gasteiger partial charge in [-0.2, -0.15) is 0 Å². The topological polar surface area (TPSA) is 76.4 Å². The molecule has 1 aromatic carbocycles. The summed E-state index contributed by atoms with van der Waals surface area (Å²) in [7, 11) is 0. The highest BCUT2D eigenvalue weighted by atomic mass is 35.5. The Balaban J connectivity index is 0.00000192. The SMILES string of the molecule is Cc1coc(-c2cc(NC(=O)C3COCCN3)ccc2C)n1.Cl. The first-order valence-corrected chi connectivity index (χ1v) is 7.28. The van der Waals surface area contributed by atoms with Crippen LogP contribution in [0.4, 0.5) is 5.69 Å². The molecule has 1 atom stereocenters. The van der Waals surface area contributed by atoms with Crippen LogP contribution in [-0.2, 0) is 9.53 Å². The van der Waals surface area contributed by atoms with Crippen molar-refractivity contribution in [3.63, 3.8) is 0 Å². The number of morpholine rings is 1. The van der Waals surface area contributed by atoms with E-state index in [4.69, 9.17) is 9.15 Å². The van der Waals surface area contributed by atoms with E-state index in [-0.39, 0.29) is 24.4 Å². The first-order valence-electron chi connectivity index (χ1n) is 7.28. The fourth-order valence-corrected chi connectivity index (χ4v) is 2.37. The molecule has 0 spiro atoms. The minimum atomic E-state index is -0.317. The first kappa shape index (κ1) is 17.5. The van der Waals surface area contributed by atoms with E-state index in [2.05, 4.69) is 15.6 Å². The van der Waals surface area contributed by atoms with Gasteiger partial charge in [-0.05, 0) is 31.5 Å². The number of ether oxygens (including phenoxy) is 1. The van der Waals surface area contributed by atoms with Crippen molar-refractivity contribution in [3.05, 3.63) is 35.7 Å². The number of aryl methyl sites for hydroxylation is 2. The normalized spacial score (nSPS) is 17.4. The van der Waals surface area contributed by atoms with Crippen LogP contribution in [0.2, 0.25) is 0 Å². The molecule has 1 unspecified atom stereocenters. The minimum Gasteiger partial charge on any atom is -0.444 e. The van der Waals surface area contributed by atoms with Gasteiger partial charge in [0, 0.05) is 17.8 Å². The lowest BCUT2D eigenvalue weighted by Gasteiger charge is -2.23. The summed E-state index contributed by atoms with van der Waals surface area (Å²) in [4.78, 5) is 16.6. The van der Waals surface area contributed by atoms with Gasteiger partial charge in [0.2, 0.25) is 11.8 Å². The number of benzene rings is 1. The lowest BCUT2D eigenvalue weighted by atomic mass is 10.1. The highest BCUT2D eigenvalue weighted by molar-refractivity contribution is 5.95. The molecule has 3 rings (SSSR count).